The molecule has 0 unspecified atom stereocenters. The van der Waals surface area contributed by atoms with Crippen LogP contribution in [-0.4, -0.2) is 78.2 Å². The highest BCUT2D eigenvalue weighted by Gasteiger charge is 2.39. The molecule has 2 atom stereocenters. The molecule has 0 aromatic heterocycles. The number of morpholine rings is 1. The summed E-state index contributed by atoms with van der Waals surface area (Å²) in [6, 6.07) is -0.102. The standard InChI is InChI=1S/C18H29N3O5/c1-12-10-21(11-15(12)16(22)20-6-8-26-9-7-20)18(25)19-14-4-2-13(3-5-14)17(23)24/h12-15H,2-11H2,1H3,(H,19,25)(H,23,24)/t12-,13?,14?,15-/m1/s1. The van der Waals surface area contributed by atoms with Crippen LogP contribution in [0.2, 0.25) is 0 Å². The second-order valence-electron chi connectivity index (χ2n) is 7.76. The molecule has 0 aromatic carbocycles. The number of urea groups is 1. The summed E-state index contributed by atoms with van der Waals surface area (Å²) in [4.78, 5) is 39.9. The van der Waals surface area contributed by atoms with E-state index in [1.807, 2.05) is 11.8 Å². The van der Waals surface area contributed by atoms with Crippen LogP contribution in [0, 0.1) is 17.8 Å². The molecule has 3 rings (SSSR count). The van der Waals surface area contributed by atoms with E-state index < -0.39 is 5.97 Å². The summed E-state index contributed by atoms with van der Waals surface area (Å²) in [7, 11) is 0. The third-order valence-electron chi connectivity index (χ3n) is 5.94. The van der Waals surface area contributed by atoms with Gasteiger partial charge in [0.2, 0.25) is 5.91 Å². The fourth-order valence-electron chi connectivity index (χ4n) is 4.22. The lowest BCUT2D eigenvalue weighted by atomic mass is 9.86. The molecule has 2 N–H and O–H groups in total. The summed E-state index contributed by atoms with van der Waals surface area (Å²) in [5.41, 5.74) is 0. The summed E-state index contributed by atoms with van der Waals surface area (Å²) in [6.07, 6.45) is 2.61. The SMILES string of the molecule is C[C@@H]1CN(C(=O)NC2CCC(C(=O)O)CC2)C[C@H]1C(=O)N1CCOCC1. The quantitative estimate of drug-likeness (QED) is 0.767. The first kappa shape index (κ1) is 18.9. The minimum absolute atomic E-state index is 0.0300. The number of carboxylic acids is 1. The highest BCUT2D eigenvalue weighted by atomic mass is 16.5. The lowest BCUT2D eigenvalue weighted by Gasteiger charge is -2.30. The van der Waals surface area contributed by atoms with Gasteiger partial charge >= 0.3 is 12.0 Å². The van der Waals surface area contributed by atoms with Crippen molar-refractivity contribution in [2.75, 3.05) is 39.4 Å². The van der Waals surface area contributed by atoms with Gasteiger partial charge in [0.1, 0.15) is 0 Å². The van der Waals surface area contributed by atoms with Crippen LogP contribution in [-0.2, 0) is 14.3 Å². The monoisotopic (exact) mass is 367 g/mol. The number of likely N-dealkylation sites (tertiary alicyclic amines) is 1. The van der Waals surface area contributed by atoms with Gasteiger partial charge in [0.05, 0.1) is 25.0 Å². The first-order chi connectivity index (χ1) is 12.5. The Kier molecular flexibility index (Phi) is 6.01. The normalized spacial score (nSPS) is 32.3. The lowest BCUT2D eigenvalue weighted by molar-refractivity contribution is -0.143. The Labute approximate surface area is 153 Å². The fraction of sp³-hybridized carbons (Fsp3) is 0.833. The van der Waals surface area contributed by atoms with Gasteiger partial charge in [-0.05, 0) is 31.6 Å². The third-order valence-corrected chi connectivity index (χ3v) is 5.94. The van der Waals surface area contributed by atoms with Crippen LogP contribution in [0.5, 0.6) is 0 Å². The Morgan fingerprint density at radius 2 is 1.65 bits per heavy atom. The zero-order valence-electron chi connectivity index (χ0n) is 15.4. The van der Waals surface area contributed by atoms with Crippen molar-refractivity contribution in [2.24, 2.45) is 17.8 Å². The summed E-state index contributed by atoms with van der Waals surface area (Å²) >= 11 is 0. The van der Waals surface area contributed by atoms with E-state index >= 15 is 0 Å². The highest BCUT2D eigenvalue weighted by Crippen LogP contribution is 2.27. The summed E-state index contributed by atoms with van der Waals surface area (Å²) in [6.45, 7) is 5.47. The van der Waals surface area contributed by atoms with E-state index in [9.17, 15) is 14.4 Å². The third kappa shape index (κ3) is 4.28. The molecule has 2 saturated heterocycles. The smallest absolute Gasteiger partial charge is 0.317 e. The predicted molar refractivity (Wildman–Crippen MR) is 93.5 cm³/mol. The summed E-state index contributed by atoms with van der Waals surface area (Å²) in [5.74, 6) is -0.920. The Morgan fingerprint density at radius 3 is 2.27 bits per heavy atom. The second-order valence-corrected chi connectivity index (χ2v) is 7.76. The number of carboxylic acid groups (broad SMARTS) is 1. The predicted octanol–water partition coefficient (Wildman–Crippen LogP) is 0.766. The van der Waals surface area contributed by atoms with E-state index in [-0.39, 0.29) is 35.7 Å². The fourth-order valence-corrected chi connectivity index (χ4v) is 4.22. The molecule has 1 aliphatic carbocycles. The lowest BCUT2D eigenvalue weighted by Crippen LogP contribution is -2.47. The molecule has 2 aliphatic heterocycles. The zero-order chi connectivity index (χ0) is 18.7. The molecular formula is C18H29N3O5. The van der Waals surface area contributed by atoms with Crippen molar-refractivity contribution in [3.05, 3.63) is 0 Å². The average Bonchev–Trinajstić information content (AvgIpc) is 3.04. The maximum atomic E-state index is 12.7. The Bertz CT molecular complexity index is 541. The van der Waals surface area contributed by atoms with Crippen molar-refractivity contribution >= 4 is 17.9 Å². The molecule has 1 saturated carbocycles. The molecule has 8 nitrogen and oxygen atoms in total. The number of carbonyl (C=O) groups excluding carboxylic acids is 2. The van der Waals surface area contributed by atoms with Crippen LogP contribution in [0.1, 0.15) is 32.6 Å². The van der Waals surface area contributed by atoms with Crippen LogP contribution in [0.4, 0.5) is 4.79 Å². The van der Waals surface area contributed by atoms with Gasteiger partial charge < -0.3 is 25.0 Å². The van der Waals surface area contributed by atoms with Crippen LogP contribution in [0.15, 0.2) is 0 Å². The van der Waals surface area contributed by atoms with E-state index in [0.717, 1.165) is 0 Å². The number of aliphatic carboxylic acids is 1. The van der Waals surface area contributed by atoms with Crippen molar-refractivity contribution in [3.63, 3.8) is 0 Å². The molecule has 8 heteroatoms. The topological polar surface area (TPSA) is 99.2 Å². The Hall–Kier alpha value is -1.83. The minimum Gasteiger partial charge on any atom is -0.481 e. The molecule has 3 fully saturated rings. The average molecular weight is 367 g/mol. The first-order valence-corrected chi connectivity index (χ1v) is 9.60. The van der Waals surface area contributed by atoms with E-state index in [1.54, 1.807) is 4.90 Å². The van der Waals surface area contributed by atoms with E-state index in [4.69, 9.17) is 9.84 Å². The molecule has 0 radical (unpaired) electrons. The van der Waals surface area contributed by atoms with Crippen molar-refractivity contribution < 1.29 is 24.2 Å². The first-order valence-electron chi connectivity index (χ1n) is 9.60. The number of nitrogens with zero attached hydrogens (tertiary/aromatic N) is 2. The molecular weight excluding hydrogens is 338 g/mol. The largest absolute Gasteiger partial charge is 0.481 e. The van der Waals surface area contributed by atoms with Gasteiger partial charge in [-0.15, -0.1) is 0 Å². The molecule has 0 aromatic rings. The van der Waals surface area contributed by atoms with Gasteiger partial charge in [-0.25, -0.2) is 4.79 Å². The number of hydrogen-bond acceptors (Lipinski definition) is 4. The number of hydrogen-bond donors (Lipinski definition) is 2. The number of ether oxygens (including phenoxy) is 1. The summed E-state index contributed by atoms with van der Waals surface area (Å²) in [5, 5.41) is 12.1. The summed E-state index contributed by atoms with van der Waals surface area (Å²) < 4.78 is 5.30. The van der Waals surface area contributed by atoms with Gasteiger partial charge in [-0.2, -0.15) is 0 Å². The van der Waals surface area contributed by atoms with Gasteiger partial charge in [0.15, 0.2) is 0 Å². The maximum absolute atomic E-state index is 12.7. The van der Waals surface area contributed by atoms with Crippen LogP contribution >= 0.6 is 0 Å². The van der Waals surface area contributed by atoms with Crippen molar-refractivity contribution in [2.45, 2.75) is 38.6 Å². The van der Waals surface area contributed by atoms with E-state index in [0.29, 0.717) is 65.1 Å². The van der Waals surface area contributed by atoms with Gasteiger partial charge in [-0.3, -0.25) is 9.59 Å². The van der Waals surface area contributed by atoms with Gasteiger partial charge in [0, 0.05) is 32.2 Å². The minimum atomic E-state index is -0.743. The second kappa shape index (κ2) is 8.24. The van der Waals surface area contributed by atoms with Crippen molar-refractivity contribution in [1.29, 1.82) is 0 Å². The Balaban J connectivity index is 1.48. The number of amides is 3. The zero-order valence-corrected chi connectivity index (χ0v) is 15.4. The molecule has 2 heterocycles. The Morgan fingerprint density at radius 1 is 1.00 bits per heavy atom. The van der Waals surface area contributed by atoms with Crippen LogP contribution in [0.25, 0.3) is 0 Å². The number of rotatable bonds is 3. The van der Waals surface area contributed by atoms with Gasteiger partial charge in [-0.1, -0.05) is 6.92 Å². The van der Waals surface area contributed by atoms with Crippen LogP contribution in [0.3, 0.4) is 0 Å². The molecule has 0 spiro atoms. The highest BCUT2D eigenvalue weighted by molar-refractivity contribution is 5.82. The maximum Gasteiger partial charge on any atom is 0.317 e. The van der Waals surface area contributed by atoms with Crippen LogP contribution < -0.4 is 5.32 Å². The molecule has 146 valence electrons. The molecule has 0 bridgehead atoms. The number of carbonyl (C=O) groups is 3. The molecule has 3 amide bonds. The van der Waals surface area contributed by atoms with Gasteiger partial charge in [0.25, 0.3) is 0 Å². The van der Waals surface area contributed by atoms with Crippen molar-refractivity contribution in [1.82, 2.24) is 15.1 Å². The molecule has 26 heavy (non-hydrogen) atoms. The van der Waals surface area contributed by atoms with E-state index in [1.165, 1.54) is 0 Å². The molecule has 3 aliphatic rings. The van der Waals surface area contributed by atoms with E-state index in [2.05, 4.69) is 5.32 Å². The van der Waals surface area contributed by atoms with Crippen molar-refractivity contribution in [3.8, 4) is 0 Å². The number of nitrogens with one attached hydrogen (secondary N) is 1.